The number of hydrogen-bond acceptors (Lipinski definition) is 6. The third-order valence-electron chi connectivity index (χ3n) is 2.37. The minimum atomic E-state index is -0.659. The summed E-state index contributed by atoms with van der Waals surface area (Å²) in [7, 11) is 1.59. The van der Waals surface area contributed by atoms with Crippen molar-refractivity contribution in [2.45, 2.75) is 6.04 Å². The molecule has 1 aromatic carbocycles. The van der Waals surface area contributed by atoms with E-state index < -0.39 is 6.04 Å². The fraction of sp³-hybridized carbons (Fsp3) is 0.273. The fourth-order valence-corrected chi connectivity index (χ4v) is 1.93. The zero-order valence-corrected chi connectivity index (χ0v) is 11.2. The molecule has 1 atom stereocenters. The van der Waals surface area contributed by atoms with Gasteiger partial charge in [-0.2, -0.15) is 4.98 Å². The number of hydrogen-bond donors (Lipinski definition) is 2. The van der Waals surface area contributed by atoms with Gasteiger partial charge < -0.3 is 20.1 Å². The number of nitrogens with two attached hydrogens (primary N) is 1. The average molecular weight is 314 g/mol. The smallest absolute Gasteiger partial charge is 0.246 e. The molecule has 96 valence electrons. The van der Waals surface area contributed by atoms with E-state index in [-0.39, 0.29) is 12.5 Å². The van der Waals surface area contributed by atoms with E-state index in [1.165, 1.54) is 0 Å². The minimum absolute atomic E-state index is 0.208. The van der Waals surface area contributed by atoms with E-state index in [9.17, 15) is 0 Å². The number of halogens is 1. The van der Waals surface area contributed by atoms with Gasteiger partial charge in [0, 0.05) is 5.56 Å². The highest BCUT2D eigenvalue weighted by Crippen LogP contribution is 2.29. The van der Waals surface area contributed by atoms with Crippen LogP contribution in [0, 0.1) is 0 Å². The van der Waals surface area contributed by atoms with Crippen molar-refractivity contribution in [3.05, 3.63) is 28.6 Å². The largest absolute Gasteiger partial charge is 0.496 e. The molecule has 7 heteroatoms. The first-order valence-electron chi connectivity index (χ1n) is 5.19. The molecule has 0 radical (unpaired) electrons. The molecule has 0 aliphatic heterocycles. The Morgan fingerprint density at radius 3 is 2.94 bits per heavy atom. The number of methoxy groups -OCH3 is 1. The molecule has 0 amide bonds. The molecule has 6 nitrogen and oxygen atoms in total. The lowest BCUT2D eigenvalue weighted by molar-refractivity contribution is 0.237. The Morgan fingerprint density at radius 1 is 1.56 bits per heavy atom. The van der Waals surface area contributed by atoms with Crippen molar-refractivity contribution >= 4 is 15.9 Å². The first kappa shape index (κ1) is 13.0. The molecule has 1 aromatic heterocycles. The summed E-state index contributed by atoms with van der Waals surface area (Å²) in [5, 5.41) is 12.7. The van der Waals surface area contributed by atoms with Crippen molar-refractivity contribution in [2.24, 2.45) is 5.73 Å². The molecule has 0 spiro atoms. The molecule has 1 heterocycles. The summed E-state index contributed by atoms with van der Waals surface area (Å²) in [6.45, 7) is -0.242. The molecule has 0 aliphatic carbocycles. The van der Waals surface area contributed by atoms with Gasteiger partial charge in [-0.05, 0) is 34.1 Å². The Hall–Kier alpha value is -1.44. The van der Waals surface area contributed by atoms with Crippen LogP contribution in [0.1, 0.15) is 11.9 Å². The van der Waals surface area contributed by atoms with Gasteiger partial charge in [0.15, 0.2) is 0 Å². The maximum Gasteiger partial charge on any atom is 0.246 e. The lowest BCUT2D eigenvalue weighted by Gasteiger charge is -2.03. The highest BCUT2D eigenvalue weighted by atomic mass is 79.9. The number of aromatic nitrogens is 2. The molecule has 0 fully saturated rings. The normalized spacial score (nSPS) is 12.4. The van der Waals surface area contributed by atoms with Gasteiger partial charge in [0.1, 0.15) is 11.8 Å². The summed E-state index contributed by atoms with van der Waals surface area (Å²) in [6, 6.07) is 4.76. The number of nitrogens with zero attached hydrogens (tertiary/aromatic N) is 2. The highest BCUT2D eigenvalue weighted by Gasteiger charge is 2.15. The standard InChI is InChI=1S/C11H12BrN3O3/c1-17-9-3-2-6(4-7(9)12)10-14-11(18-15-10)8(13)5-16/h2-4,8,16H,5,13H2,1H3/t8-/m0/s1. The molecule has 0 saturated carbocycles. The fourth-order valence-electron chi connectivity index (χ4n) is 1.39. The molecule has 18 heavy (non-hydrogen) atoms. The van der Waals surface area contributed by atoms with Gasteiger partial charge in [0.25, 0.3) is 0 Å². The second-order valence-corrected chi connectivity index (χ2v) is 4.45. The van der Waals surface area contributed by atoms with E-state index in [0.717, 1.165) is 15.8 Å². The predicted molar refractivity (Wildman–Crippen MR) is 68.0 cm³/mol. The van der Waals surface area contributed by atoms with Crippen LogP contribution in [0.5, 0.6) is 5.75 Å². The third kappa shape index (κ3) is 2.53. The van der Waals surface area contributed by atoms with E-state index >= 15 is 0 Å². The highest BCUT2D eigenvalue weighted by molar-refractivity contribution is 9.10. The van der Waals surface area contributed by atoms with Gasteiger partial charge in [0.05, 0.1) is 18.2 Å². The lowest BCUT2D eigenvalue weighted by Crippen LogP contribution is -2.14. The maximum absolute atomic E-state index is 8.90. The van der Waals surface area contributed by atoms with Gasteiger partial charge in [-0.15, -0.1) is 0 Å². The quantitative estimate of drug-likeness (QED) is 0.888. The Bertz CT molecular complexity index is 544. The predicted octanol–water partition coefficient (Wildman–Crippen LogP) is 1.50. The molecule has 0 aliphatic rings. The van der Waals surface area contributed by atoms with Crippen molar-refractivity contribution in [2.75, 3.05) is 13.7 Å². The number of rotatable bonds is 4. The average Bonchev–Trinajstić information content (AvgIpc) is 2.87. The number of aliphatic hydroxyl groups excluding tert-OH is 1. The molecule has 0 bridgehead atoms. The van der Waals surface area contributed by atoms with Crippen LogP contribution < -0.4 is 10.5 Å². The topological polar surface area (TPSA) is 94.4 Å². The zero-order valence-electron chi connectivity index (χ0n) is 9.63. The number of benzene rings is 1. The summed E-state index contributed by atoms with van der Waals surface area (Å²) in [6.07, 6.45) is 0. The lowest BCUT2D eigenvalue weighted by atomic mass is 10.2. The monoisotopic (exact) mass is 313 g/mol. The van der Waals surface area contributed by atoms with Crippen LogP contribution in [0.4, 0.5) is 0 Å². The van der Waals surface area contributed by atoms with Crippen LogP contribution in [-0.4, -0.2) is 29.0 Å². The Morgan fingerprint density at radius 2 is 2.33 bits per heavy atom. The second kappa shape index (κ2) is 5.47. The first-order chi connectivity index (χ1) is 8.65. The van der Waals surface area contributed by atoms with Crippen molar-refractivity contribution in [3.8, 4) is 17.1 Å². The zero-order chi connectivity index (χ0) is 13.1. The second-order valence-electron chi connectivity index (χ2n) is 3.59. The van der Waals surface area contributed by atoms with E-state index in [4.69, 9.17) is 20.1 Å². The minimum Gasteiger partial charge on any atom is -0.496 e. The van der Waals surface area contributed by atoms with Crippen LogP contribution in [0.2, 0.25) is 0 Å². The van der Waals surface area contributed by atoms with E-state index in [1.807, 2.05) is 12.1 Å². The van der Waals surface area contributed by atoms with Gasteiger partial charge in [-0.3, -0.25) is 0 Å². The maximum atomic E-state index is 8.90. The SMILES string of the molecule is COc1ccc(-c2noc([C@@H](N)CO)n2)cc1Br. The summed E-state index contributed by atoms with van der Waals surface area (Å²) in [4.78, 5) is 4.12. The summed E-state index contributed by atoms with van der Waals surface area (Å²) < 4.78 is 10.9. The third-order valence-corrected chi connectivity index (χ3v) is 2.99. The Labute approximate surface area is 112 Å². The number of ether oxygens (including phenoxy) is 1. The van der Waals surface area contributed by atoms with Crippen LogP contribution in [0.3, 0.4) is 0 Å². The molecular weight excluding hydrogens is 302 g/mol. The Balaban J connectivity index is 2.31. The molecule has 0 saturated heterocycles. The summed E-state index contributed by atoms with van der Waals surface area (Å²) in [5.41, 5.74) is 6.35. The van der Waals surface area contributed by atoms with E-state index in [1.54, 1.807) is 13.2 Å². The molecule has 2 rings (SSSR count). The van der Waals surface area contributed by atoms with Crippen molar-refractivity contribution in [1.82, 2.24) is 10.1 Å². The molecular formula is C11H12BrN3O3. The van der Waals surface area contributed by atoms with E-state index in [0.29, 0.717) is 5.82 Å². The van der Waals surface area contributed by atoms with Crippen molar-refractivity contribution < 1.29 is 14.4 Å². The van der Waals surface area contributed by atoms with Gasteiger partial charge >= 0.3 is 0 Å². The Kier molecular flexibility index (Phi) is 3.95. The molecule has 2 aromatic rings. The number of aliphatic hydroxyl groups is 1. The van der Waals surface area contributed by atoms with Gasteiger partial charge in [0.2, 0.25) is 11.7 Å². The molecule has 0 unspecified atom stereocenters. The van der Waals surface area contributed by atoms with Crippen LogP contribution in [-0.2, 0) is 0 Å². The summed E-state index contributed by atoms with van der Waals surface area (Å²) in [5.74, 6) is 1.34. The van der Waals surface area contributed by atoms with Gasteiger partial charge in [-0.25, -0.2) is 0 Å². The van der Waals surface area contributed by atoms with Crippen molar-refractivity contribution in [3.63, 3.8) is 0 Å². The first-order valence-corrected chi connectivity index (χ1v) is 5.99. The van der Waals surface area contributed by atoms with Crippen LogP contribution in [0.15, 0.2) is 27.2 Å². The summed E-state index contributed by atoms with van der Waals surface area (Å²) >= 11 is 3.38. The van der Waals surface area contributed by atoms with Crippen LogP contribution in [0.25, 0.3) is 11.4 Å². The van der Waals surface area contributed by atoms with Crippen LogP contribution >= 0.6 is 15.9 Å². The van der Waals surface area contributed by atoms with E-state index in [2.05, 4.69) is 26.1 Å². The van der Waals surface area contributed by atoms with Gasteiger partial charge in [-0.1, -0.05) is 5.16 Å². The molecule has 3 N–H and O–H groups in total. The van der Waals surface area contributed by atoms with Crippen molar-refractivity contribution in [1.29, 1.82) is 0 Å².